The number of esters is 1. The topological polar surface area (TPSA) is 43.4 Å². The standard InChI is InChI=1S/C10H16O3/c1-6(2)7-4-5-8(9(7)11)10(12)13-3/h6-8H,4-5H2,1-3H3. The van der Waals surface area contributed by atoms with Crippen LogP contribution in [0.4, 0.5) is 0 Å². The number of Topliss-reactive ketones (excluding diaryl/α,β-unsaturated/α-hetero) is 1. The molecule has 0 aromatic heterocycles. The molecule has 0 heterocycles. The van der Waals surface area contributed by atoms with Gasteiger partial charge in [-0.2, -0.15) is 0 Å². The van der Waals surface area contributed by atoms with Crippen molar-refractivity contribution < 1.29 is 14.3 Å². The third-order valence-corrected chi connectivity index (χ3v) is 2.77. The van der Waals surface area contributed by atoms with Crippen LogP contribution in [0.2, 0.25) is 0 Å². The van der Waals surface area contributed by atoms with Crippen LogP contribution in [-0.2, 0) is 14.3 Å². The van der Waals surface area contributed by atoms with E-state index >= 15 is 0 Å². The summed E-state index contributed by atoms with van der Waals surface area (Å²) in [7, 11) is 1.33. The summed E-state index contributed by atoms with van der Waals surface area (Å²) < 4.78 is 4.57. The van der Waals surface area contributed by atoms with Crippen molar-refractivity contribution in [3.8, 4) is 0 Å². The van der Waals surface area contributed by atoms with E-state index in [0.717, 1.165) is 6.42 Å². The van der Waals surface area contributed by atoms with Crippen LogP contribution < -0.4 is 0 Å². The molecular formula is C10H16O3. The zero-order valence-corrected chi connectivity index (χ0v) is 8.37. The van der Waals surface area contributed by atoms with E-state index in [9.17, 15) is 9.59 Å². The van der Waals surface area contributed by atoms with E-state index in [1.807, 2.05) is 13.8 Å². The van der Waals surface area contributed by atoms with E-state index in [1.165, 1.54) is 7.11 Å². The van der Waals surface area contributed by atoms with Crippen molar-refractivity contribution in [2.24, 2.45) is 17.8 Å². The molecule has 1 rings (SSSR count). The second-order valence-corrected chi connectivity index (χ2v) is 3.91. The van der Waals surface area contributed by atoms with E-state index in [1.54, 1.807) is 0 Å². The van der Waals surface area contributed by atoms with Crippen LogP contribution >= 0.6 is 0 Å². The van der Waals surface area contributed by atoms with E-state index in [2.05, 4.69) is 4.74 Å². The minimum absolute atomic E-state index is 0.0594. The summed E-state index contributed by atoms with van der Waals surface area (Å²) in [6.45, 7) is 4.03. The molecule has 0 bridgehead atoms. The maximum atomic E-state index is 11.6. The molecule has 0 aromatic carbocycles. The zero-order chi connectivity index (χ0) is 10.0. The molecular weight excluding hydrogens is 168 g/mol. The molecule has 13 heavy (non-hydrogen) atoms. The van der Waals surface area contributed by atoms with Gasteiger partial charge in [0.25, 0.3) is 0 Å². The van der Waals surface area contributed by atoms with Crippen molar-refractivity contribution in [1.29, 1.82) is 0 Å². The van der Waals surface area contributed by atoms with E-state index in [0.29, 0.717) is 12.3 Å². The Bertz CT molecular complexity index is 220. The molecule has 0 amide bonds. The monoisotopic (exact) mass is 184 g/mol. The molecule has 3 nitrogen and oxygen atoms in total. The van der Waals surface area contributed by atoms with Gasteiger partial charge in [0.15, 0.2) is 0 Å². The number of carbonyl (C=O) groups is 2. The molecule has 0 aromatic rings. The number of ether oxygens (including phenoxy) is 1. The van der Waals surface area contributed by atoms with Gasteiger partial charge in [-0.3, -0.25) is 9.59 Å². The summed E-state index contributed by atoms with van der Waals surface area (Å²) >= 11 is 0. The number of methoxy groups -OCH3 is 1. The Balaban J connectivity index is 2.65. The second kappa shape index (κ2) is 3.90. The molecule has 0 saturated heterocycles. The Morgan fingerprint density at radius 2 is 2.08 bits per heavy atom. The Labute approximate surface area is 78.5 Å². The summed E-state index contributed by atoms with van der Waals surface area (Å²) in [6.07, 6.45) is 1.49. The number of rotatable bonds is 2. The van der Waals surface area contributed by atoms with Crippen LogP contribution in [0, 0.1) is 17.8 Å². The number of hydrogen-bond acceptors (Lipinski definition) is 3. The highest BCUT2D eigenvalue weighted by Crippen LogP contribution is 2.32. The molecule has 2 atom stereocenters. The summed E-state index contributed by atoms with van der Waals surface area (Å²) in [5.41, 5.74) is 0. The van der Waals surface area contributed by atoms with Gasteiger partial charge >= 0.3 is 5.97 Å². The van der Waals surface area contributed by atoms with Crippen LogP contribution in [0.5, 0.6) is 0 Å². The molecule has 2 unspecified atom stereocenters. The Kier molecular flexibility index (Phi) is 3.07. The van der Waals surface area contributed by atoms with Gasteiger partial charge in [-0.05, 0) is 18.8 Å². The minimum atomic E-state index is -0.489. The first-order chi connectivity index (χ1) is 6.07. The predicted octanol–water partition coefficient (Wildman–Crippen LogP) is 1.41. The predicted molar refractivity (Wildman–Crippen MR) is 48.1 cm³/mol. The largest absolute Gasteiger partial charge is 0.468 e. The molecule has 0 spiro atoms. The summed E-state index contributed by atoms with van der Waals surface area (Å²) in [4.78, 5) is 22.8. The van der Waals surface area contributed by atoms with Crippen molar-refractivity contribution in [2.45, 2.75) is 26.7 Å². The lowest BCUT2D eigenvalue weighted by molar-refractivity contribution is -0.148. The van der Waals surface area contributed by atoms with Gasteiger partial charge in [0.05, 0.1) is 7.11 Å². The SMILES string of the molecule is COC(=O)C1CCC(C(C)C)C1=O. The highest BCUT2D eigenvalue weighted by molar-refractivity contribution is 6.01. The number of ketones is 1. The normalized spacial score (nSPS) is 28.2. The fraction of sp³-hybridized carbons (Fsp3) is 0.800. The molecule has 1 aliphatic carbocycles. The fourth-order valence-electron chi connectivity index (χ4n) is 1.93. The first kappa shape index (κ1) is 10.2. The highest BCUT2D eigenvalue weighted by atomic mass is 16.5. The van der Waals surface area contributed by atoms with Crippen molar-refractivity contribution >= 4 is 11.8 Å². The molecule has 1 aliphatic rings. The summed E-state index contributed by atoms with van der Waals surface area (Å²) in [5.74, 6) is -0.390. The average molecular weight is 184 g/mol. The zero-order valence-electron chi connectivity index (χ0n) is 8.37. The van der Waals surface area contributed by atoms with Crippen LogP contribution in [0.25, 0.3) is 0 Å². The molecule has 1 saturated carbocycles. The lowest BCUT2D eigenvalue weighted by Crippen LogP contribution is -2.25. The van der Waals surface area contributed by atoms with Gasteiger partial charge in [0, 0.05) is 5.92 Å². The van der Waals surface area contributed by atoms with Crippen LogP contribution in [0.3, 0.4) is 0 Å². The number of carbonyl (C=O) groups excluding carboxylic acids is 2. The molecule has 0 aliphatic heterocycles. The van der Waals surface area contributed by atoms with Gasteiger partial charge in [-0.15, -0.1) is 0 Å². The fourth-order valence-corrected chi connectivity index (χ4v) is 1.93. The maximum Gasteiger partial charge on any atom is 0.316 e. The number of hydrogen-bond donors (Lipinski definition) is 0. The third kappa shape index (κ3) is 1.90. The Morgan fingerprint density at radius 3 is 2.46 bits per heavy atom. The van der Waals surface area contributed by atoms with E-state index in [-0.39, 0.29) is 17.7 Å². The van der Waals surface area contributed by atoms with Crippen molar-refractivity contribution in [2.75, 3.05) is 7.11 Å². The van der Waals surface area contributed by atoms with E-state index < -0.39 is 5.92 Å². The first-order valence-electron chi connectivity index (χ1n) is 4.69. The molecule has 74 valence electrons. The second-order valence-electron chi connectivity index (χ2n) is 3.91. The summed E-state index contributed by atoms with van der Waals surface area (Å²) in [6, 6.07) is 0. The van der Waals surface area contributed by atoms with Gasteiger partial charge < -0.3 is 4.74 Å². The first-order valence-corrected chi connectivity index (χ1v) is 4.69. The molecule has 0 N–H and O–H groups in total. The smallest absolute Gasteiger partial charge is 0.316 e. The van der Waals surface area contributed by atoms with Crippen molar-refractivity contribution in [1.82, 2.24) is 0 Å². The van der Waals surface area contributed by atoms with Crippen LogP contribution in [0.1, 0.15) is 26.7 Å². The van der Waals surface area contributed by atoms with Gasteiger partial charge in [0.2, 0.25) is 0 Å². The van der Waals surface area contributed by atoms with Crippen molar-refractivity contribution in [3.05, 3.63) is 0 Å². The highest BCUT2D eigenvalue weighted by Gasteiger charge is 2.40. The van der Waals surface area contributed by atoms with E-state index in [4.69, 9.17) is 0 Å². The van der Waals surface area contributed by atoms with Gasteiger partial charge in [-0.25, -0.2) is 0 Å². The molecule has 1 fully saturated rings. The average Bonchev–Trinajstić information content (AvgIpc) is 2.46. The molecule has 0 radical (unpaired) electrons. The lowest BCUT2D eigenvalue weighted by atomic mass is 9.92. The maximum absolute atomic E-state index is 11.6. The minimum Gasteiger partial charge on any atom is -0.468 e. The van der Waals surface area contributed by atoms with Crippen molar-refractivity contribution in [3.63, 3.8) is 0 Å². The Morgan fingerprint density at radius 1 is 1.46 bits per heavy atom. The van der Waals surface area contributed by atoms with Crippen LogP contribution in [0.15, 0.2) is 0 Å². The van der Waals surface area contributed by atoms with Gasteiger partial charge in [-0.1, -0.05) is 13.8 Å². The summed E-state index contributed by atoms with van der Waals surface area (Å²) in [5, 5.41) is 0. The Hall–Kier alpha value is -0.860. The quantitative estimate of drug-likeness (QED) is 0.481. The van der Waals surface area contributed by atoms with Crippen LogP contribution in [-0.4, -0.2) is 18.9 Å². The molecule has 3 heteroatoms. The lowest BCUT2D eigenvalue weighted by Gasteiger charge is -2.12. The third-order valence-electron chi connectivity index (χ3n) is 2.77. The van der Waals surface area contributed by atoms with Gasteiger partial charge in [0.1, 0.15) is 11.7 Å².